The van der Waals surface area contributed by atoms with Gasteiger partial charge in [0.15, 0.2) is 0 Å². The monoisotopic (exact) mass is 423 g/mol. The average molecular weight is 425 g/mol. The van der Waals surface area contributed by atoms with Crippen molar-refractivity contribution in [2.24, 2.45) is 0 Å². The molecule has 2 rings (SSSR count). The lowest BCUT2D eigenvalue weighted by molar-refractivity contribution is 0.546. The zero-order chi connectivity index (χ0) is 14.9. The van der Waals surface area contributed by atoms with Crippen molar-refractivity contribution < 1.29 is 8.78 Å². The van der Waals surface area contributed by atoms with E-state index in [1.807, 2.05) is 0 Å². The first kappa shape index (κ1) is 15.9. The third-order valence-electron chi connectivity index (χ3n) is 2.93. The Morgan fingerprint density at radius 1 is 1.10 bits per heavy atom. The molecule has 0 aliphatic heterocycles. The minimum absolute atomic E-state index is 0.0156. The van der Waals surface area contributed by atoms with Crippen molar-refractivity contribution in [1.29, 1.82) is 0 Å². The minimum Gasteiger partial charge on any atom is -0.309 e. The van der Waals surface area contributed by atoms with E-state index < -0.39 is 17.7 Å². The number of hydrogen-bond donors (Lipinski definition) is 1. The molecule has 0 aliphatic carbocycles. The van der Waals surface area contributed by atoms with E-state index in [0.717, 1.165) is 4.47 Å². The van der Waals surface area contributed by atoms with Crippen LogP contribution in [0.15, 0.2) is 39.3 Å². The van der Waals surface area contributed by atoms with Crippen molar-refractivity contribution in [2.75, 3.05) is 7.05 Å². The molecule has 0 bridgehead atoms. The predicted octanol–water partition coefficient (Wildman–Crippen LogP) is 5.45. The van der Waals surface area contributed by atoms with Crippen LogP contribution in [-0.4, -0.2) is 7.05 Å². The van der Waals surface area contributed by atoms with Gasteiger partial charge in [0.25, 0.3) is 0 Å². The van der Waals surface area contributed by atoms with Crippen molar-refractivity contribution in [3.63, 3.8) is 0 Å². The zero-order valence-corrected chi connectivity index (χ0v) is 14.3. The Bertz CT molecular complexity index is 649. The van der Waals surface area contributed by atoms with Crippen LogP contribution in [0.4, 0.5) is 8.78 Å². The summed E-state index contributed by atoms with van der Waals surface area (Å²) in [5.41, 5.74) is 0.636. The number of nitrogens with one attached hydrogen (secondary N) is 1. The Kier molecular flexibility index (Phi) is 5.18. The molecule has 0 aliphatic rings. The van der Waals surface area contributed by atoms with Crippen LogP contribution in [0.2, 0.25) is 5.02 Å². The second-order valence-electron chi connectivity index (χ2n) is 4.15. The molecule has 20 heavy (non-hydrogen) atoms. The highest BCUT2D eigenvalue weighted by atomic mass is 79.9. The van der Waals surface area contributed by atoms with Crippen molar-refractivity contribution in [1.82, 2.24) is 5.32 Å². The fraction of sp³-hybridized carbons (Fsp3) is 0.143. The first-order valence-electron chi connectivity index (χ1n) is 5.71. The molecule has 0 saturated heterocycles. The van der Waals surface area contributed by atoms with Crippen LogP contribution in [0.5, 0.6) is 0 Å². The summed E-state index contributed by atoms with van der Waals surface area (Å²) in [6, 6.07) is 7.14. The number of rotatable bonds is 3. The van der Waals surface area contributed by atoms with Gasteiger partial charge in [-0.3, -0.25) is 0 Å². The van der Waals surface area contributed by atoms with Crippen LogP contribution in [0.3, 0.4) is 0 Å². The zero-order valence-electron chi connectivity index (χ0n) is 10.4. The third kappa shape index (κ3) is 3.06. The maximum absolute atomic E-state index is 14.3. The molecule has 0 radical (unpaired) electrons. The van der Waals surface area contributed by atoms with Crippen molar-refractivity contribution in [3.8, 4) is 0 Å². The van der Waals surface area contributed by atoms with Crippen LogP contribution >= 0.6 is 43.5 Å². The summed E-state index contributed by atoms with van der Waals surface area (Å²) in [6.45, 7) is 0. The molecule has 1 unspecified atom stereocenters. The molecular weight excluding hydrogens is 415 g/mol. The first-order chi connectivity index (χ1) is 9.45. The summed E-state index contributed by atoms with van der Waals surface area (Å²) in [5.74, 6) is -0.981. The van der Waals surface area contributed by atoms with E-state index in [1.54, 1.807) is 31.3 Å². The van der Waals surface area contributed by atoms with E-state index in [0.29, 0.717) is 10.0 Å². The summed E-state index contributed by atoms with van der Waals surface area (Å²) in [4.78, 5) is 0. The minimum atomic E-state index is -0.627. The number of halogens is 5. The van der Waals surface area contributed by atoms with Crippen LogP contribution < -0.4 is 5.32 Å². The van der Waals surface area contributed by atoms with E-state index in [1.165, 1.54) is 6.07 Å². The van der Waals surface area contributed by atoms with E-state index >= 15 is 0 Å². The molecule has 2 aromatic carbocycles. The van der Waals surface area contributed by atoms with Crippen molar-refractivity contribution in [2.45, 2.75) is 6.04 Å². The Hall–Kier alpha value is -0.490. The van der Waals surface area contributed by atoms with Crippen LogP contribution in [0, 0.1) is 11.6 Å². The molecule has 0 saturated carbocycles. The molecule has 0 amide bonds. The van der Waals surface area contributed by atoms with Gasteiger partial charge in [-0.25, -0.2) is 8.78 Å². The van der Waals surface area contributed by atoms with Gasteiger partial charge in [-0.05, 0) is 47.2 Å². The third-order valence-corrected chi connectivity index (χ3v) is 4.69. The summed E-state index contributed by atoms with van der Waals surface area (Å²) in [5, 5.41) is 2.90. The van der Waals surface area contributed by atoms with Crippen molar-refractivity contribution >= 4 is 43.5 Å². The standard InChI is InChI=1S/C14H10Br2ClF2N/c1-20-14(9-6-7(15)2-5-11(9)18)8-3-4-10(16)12(17)13(8)19/h2-6,14,20H,1H3. The van der Waals surface area contributed by atoms with Gasteiger partial charge >= 0.3 is 0 Å². The molecule has 1 atom stereocenters. The van der Waals surface area contributed by atoms with Gasteiger partial charge in [0.05, 0.1) is 11.1 Å². The molecule has 1 N–H and O–H groups in total. The van der Waals surface area contributed by atoms with Gasteiger partial charge in [0.1, 0.15) is 11.6 Å². The fourth-order valence-corrected chi connectivity index (χ4v) is 2.84. The van der Waals surface area contributed by atoms with Crippen LogP contribution in [0.1, 0.15) is 17.2 Å². The lowest BCUT2D eigenvalue weighted by Gasteiger charge is -2.19. The van der Waals surface area contributed by atoms with E-state index in [-0.39, 0.29) is 10.6 Å². The Labute approximate surface area is 137 Å². The first-order valence-corrected chi connectivity index (χ1v) is 7.67. The SMILES string of the molecule is CNC(c1cc(Br)ccc1F)c1ccc(Br)c(Cl)c1F. The summed E-state index contributed by atoms with van der Waals surface area (Å²) >= 11 is 12.3. The maximum atomic E-state index is 14.3. The Morgan fingerprint density at radius 3 is 2.45 bits per heavy atom. The topological polar surface area (TPSA) is 12.0 Å². The highest BCUT2D eigenvalue weighted by molar-refractivity contribution is 9.10. The lowest BCUT2D eigenvalue weighted by atomic mass is 9.98. The highest BCUT2D eigenvalue weighted by Gasteiger charge is 2.22. The molecule has 0 heterocycles. The Balaban J connectivity index is 2.58. The maximum Gasteiger partial charge on any atom is 0.148 e. The highest BCUT2D eigenvalue weighted by Crippen LogP contribution is 2.34. The average Bonchev–Trinajstić information content (AvgIpc) is 2.43. The predicted molar refractivity (Wildman–Crippen MR) is 84.1 cm³/mol. The lowest BCUT2D eigenvalue weighted by Crippen LogP contribution is -2.20. The van der Waals surface area contributed by atoms with E-state index in [2.05, 4.69) is 37.2 Å². The van der Waals surface area contributed by atoms with Gasteiger partial charge in [-0.1, -0.05) is 33.6 Å². The van der Waals surface area contributed by atoms with Gasteiger partial charge in [0.2, 0.25) is 0 Å². The van der Waals surface area contributed by atoms with Crippen LogP contribution in [-0.2, 0) is 0 Å². The van der Waals surface area contributed by atoms with Gasteiger partial charge in [-0.15, -0.1) is 0 Å². The van der Waals surface area contributed by atoms with Gasteiger partial charge in [0, 0.05) is 20.1 Å². The number of benzene rings is 2. The normalized spacial score (nSPS) is 12.5. The van der Waals surface area contributed by atoms with Crippen molar-refractivity contribution in [3.05, 3.63) is 67.1 Å². The van der Waals surface area contributed by atoms with E-state index in [9.17, 15) is 8.78 Å². The quantitative estimate of drug-likeness (QED) is 0.645. The largest absolute Gasteiger partial charge is 0.309 e. The molecule has 6 heteroatoms. The fourth-order valence-electron chi connectivity index (χ4n) is 1.98. The second-order valence-corrected chi connectivity index (χ2v) is 6.30. The Morgan fingerprint density at radius 2 is 1.80 bits per heavy atom. The van der Waals surface area contributed by atoms with E-state index in [4.69, 9.17) is 11.6 Å². The summed E-state index contributed by atoms with van der Waals surface area (Å²) in [6.07, 6.45) is 0. The van der Waals surface area contributed by atoms with Gasteiger partial charge < -0.3 is 5.32 Å². The molecule has 0 spiro atoms. The molecule has 106 valence electrons. The molecule has 2 aromatic rings. The molecular formula is C14H10Br2ClF2N. The number of hydrogen-bond acceptors (Lipinski definition) is 1. The second kappa shape index (κ2) is 6.52. The molecule has 0 aromatic heterocycles. The smallest absolute Gasteiger partial charge is 0.148 e. The summed E-state index contributed by atoms with van der Waals surface area (Å²) < 4.78 is 29.4. The molecule has 1 nitrogen and oxygen atoms in total. The van der Waals surface area contributed by atoms with Crippen LogP contribution in [0.25, 0.3) is 0 Å². The van der Waals surface area contributed by atoms with Gasteiger partial charge in [-0.2, -0.15) is 0 Å². The molecule has 0 fully saturated rings. The summed E-state index contributed by atoms with van der Waals surface area (Å²) in [7, 11) is 1.64.